The molecule has 118 valence electrons. The Morgan fingerprint density at radius 3 is 3.04 bits per heavy atom. The van der Waals surface area contributed by atoms with E-state index in [1.807, 2.05) is 6.07 Å². The molecule has 0 amide bonds. The van der Waals surface area contributed by atoms with Crippen LogP contribution in [0.2, 0.25) is 0 Å². The summed E-state index contributed by atoms with van der Waals surface area (Å²) in [5.74, 6) is 1.04. The van der Waals surface area contributed by atoms with E-state index in [1.165, 1.54) is 29.3 Å². The first-order chi connectivity index (χ1) is 11.2. The number of fused-ring (bicyclic) bond motifs is 3. The molecule has 0 spiro atoms. The van der Waals surface area contributed by atoms with Gasteiger partial charge in [-0.05, 0) is 36.8 Å². The van der Waals surface area contributed by atoms with Crippen molar-refractivity contribution in [3.05, 3.63) is 52.4 Å². The minimum Gasteiger partial charge on any atom is -0.472 e. The van der Waals surface area contributed by atoms with Crippen LogP contribution in [0.15, 0.2) is 30.6 Å². The molecular formula is C18H17FN2OS. The van der Waals surface area contributed by atoms with Crippen molar-refractivity contribution >= 4 is 21.6 Å². The molecule has 3 aromatic rings. The minimum absolute atomic E-state index is 0.180. The number of aryl methyl sites for hydroxylation is 1. The van der Waals surface area contributed by atoms with E-state index in [2.05, 4.69) is 16.9 Å². The van der Waals surface area contributed by atoms with Gasteiger partial charge in [-0.2, -0.15) is 0 Å². The molecule has 0 saturated carbocycles. The molecule has 1 aliphatic carbocycles. The van der Waals surface area contributed by atoms with Crippen molar-refractivity contribution in [2.75, 3.05) is 0 Å². The van der Waals surface area contributed by atoms with Crippen molar-refractivity contribution in [3.63, 3.8) is 0 Å². The molecular weight excluding hydrogens is 311 g/mol. The summed E-state index contributed by atoms with van der Waals surface area (Å²) in [5, 5.41) is 1.02. The number of rotatable bonds is 3. The largest absolute Gasteiger partial charge is 0.472 e. The van der Waals surface area contributed by atoms with Gasteiger partial charge in [-0.3, -0.25) is 0 Å². The number of benzene rings is 1. The summed E-state index contributed by atoms with van der Waals surface area (Å²) in [4.78, 5) is 11.1. The van der Waals surface area contributed by atoms with E-state index in [0.717, 1.165) is 23.1 Å². The van der Waals surface area contributed by atoms with Crippen LogP contribution in [0.25, 0.3) is 10.2 Å². The number of thiophene rings is 1. The summed E-state index contributed by atoms with van der Waals surface area (Å²) < 4.78 is 19.6. The second-order valence-corrected chi connectivity index (χ2v) is 7.17. The minimum atomic E-state index is -0.251. The molecule has 0 bridgehead atoms. The predicted molar refractivity (Wildman–Crippen MR) is 89.3 cm³/mol. The van der Waals surface area contributed by atoms with Crippen molar-refractivity contribution in [1.29, 1.82) is 0 Å². The Bertz CT molecular complexity index is 861. The first kappa shape index (κ1) is 14.6. The Balaban J connectivity index is 1.69. The quantitative estimate of drug-likeness (QED) is 0.708. The third-order valence-electron chi connectivity index (χ3n) is 4.38. The van der Waals surface area contributed by atoms with Crippen LogP contribution in [0.3, 0.4) is 0 Å². The maximum absolute atomic E-state index is 13.8. The van der Waals surface area contributed by atoms with Gasteiger partial charge in [0.2, 0.25) is 5.88 Å². The summed E-state index contributed by atoms with van der Waals surface area (Å²) in [6.07, 6.45) is 4.86. The maximum Gasteiger partial charge on any atom is 0.225 e. The second-order valence-electron chi connectivity index (χ2n) is 6.09. The van der Waals surface area contributed by atoms with Crippen LogP contribution in [0, 0.1) is 11.7 Å². The molecule has 1 aliphatic rings. The molecule has 0 radical (unpaired) electrons. The van der Waals surface area contributed by atoms with E-state index in [4.69, 9.17) is 4.74 Å². The number of halogens is 1. The number of hydrogen-bond donors (Lipinski definition) is 0. The zero-order chi connectivity index (χ0) is 15.8. The number of hydrogen-bond acceptors (Lipinski definition) is 4. The van der Waals surface area contributed by atoms with Gasteiger partial charge in [0.05, 0.1) is 5.39 Å². The second kappa shape index (κ2) is 5.89. The molecule has 4 rings (SSSR count). The Hall–Kier alpha value is -2.01. The van der Waals surface area contributed by atoms with Crippen molar-refractivity contribution in [1.82, 2.24) is 9.97 Å². The summed E-state index contributed by atoms with van der Waals surface area (Å²) >= 11 is 1.74. The van der Waals surface area contributed by atoms with E-state index >= 15 is 0 Å². The molecule has 1 atom stereocenters. The Kier molecular flexibility index (Phi) is 3.73. The fraction of sp³-hybridized carbons (Fsp3) is 0.333. The van der Waals surface area contributed by atoms with E-state index in [1.54, 1.807) is 23.5 Å². The van der Waals surface area contributed by atoms with Gasteiger partial charge in [0.25, 0.3) is 0 Å². The van der Waals surface area contributed by atoms with Gasteiger partial charge in [-0.1, -0.05) is 25.1 Å². The summed E-state index contributed by atoms with van der Waals surface area (Å²) in [5.41, 5.74) is 1.87. The Morgan fingerprint density at radius 2 is 2.17 bits per heavy atom. The highest BCUT2D eigenvalue weighted by atomic mass is 32.1. The zero-order valence-electron chi connectivity index (χ0n) is 12.9. The number of nitrogens with zero attached hydrogens (tertiary/aromatic N) is 2. The molecule has 0 fully saturated rings. The fourth-order valence-corrected chi connectivity index (χ4v) is 4.46. The Morgan fingerprint density at radius 1 is 1.30 bits per heavy atom. The molecule has 3 nitrogen and oxygen atoms in total. The van der Waals surface area contributed by atoms with E-state index < -0.39 is 0 Å². The molecule has 0 aliphatic heterocycles. The smallest absolute Gasteiger partial charge is 0.225 e. The zero-order valence-corrected chi connectivity index (χ0v) is 13.7. The average molecular weight is 328 g/mol. The van der Waals surface area contributed by atoms with Gasteiger partial charge >= 0.3 is 0 Å². The monoisotopic (exact) mass is 328 g/mol. The average Bonchev–Trinajstić information content (AvgIpc) is 2.92. The third kappa shape index (κ3) is 2.70. The van der Waals surface area contributed by atoms with E-state index in [9.17, 15) is 4.39 Å². The fourth-order valence-electron chi connectivity index (χ4n) is 3.12. The molecule has 2 heterocycles. The van der Waals surface area contributed by atoms with E-state index in [0.29, 0.717) is 17.4 Å². The first-order valence-electron chi connectivity index (χ1n) is 7.84. The lowest BCUT2D eigenvalue weighted by Gasteiger charge is -2.18. The molecule has 2 aromatic heterocycles. The molecule has 1 aromatic carbocycles. The van der Waals surface area contributed by atoms with Gasteiger partial charge in [0.15, 0.2) is 0 Å². The van der Waals surface area contributed by atoms with Crippen LogP contribution in [-0.4, -0.2) is 9.97 Å². The SMILES string of the molecule is C[C@H]1CCc2c(sc3ncnc(OCc4ccccc4F)c23)C1. The van der Waals surface area contributed by atoms with Crippen LogP contribution in [0.1, 0.15) is 29.3 Å². The maximum atomic E-state index is 13.8. The molecule has 23 heavy (non-hydrogen) atoms. The topological polar surface area (TPSA) is 35.0 Å². The van der Waals surface area contributed by atoms with Gasteiger partial charge < -0.3 is 4.74 Å². The summed E-state index contributed by atoms with van der Waals surface area (Å²) in [6, 6.07) is 6.67. The summed E-state index contributed by atoms with van der Waals surface area (Å²) in [7, 11) is 0. The van der Waals surface area contributed by atoms with Gasteiger partial charge in [-0.15, -0.1) is 11.3 Å². The standard InChI is InChI=1S/C18H17FN2OS/c1-11-6-7-13-15(8-11)23-18-16(13)17(20-10-21-18)22-9-12-4-2-3-5-14(12)19/h2-5,10-11H,6-9H2,1H3/t11-/m0/s1. The van der Waals surface area contributed by atoms with E-state index in [-0.39, 0.29) is 12.4 Å². The van der Waals surface area contributed by atoms with Crippen molar-refractivity contribution in [3.8, 4) is 5.88 Å². The third-order valence-corrected chi connectivity index (χ3v) is 5.54. The highest BCUT2D eigenvalue weighted by Crippen LogP contribution is 2.40. The Labute approximate surface area is 138 Å². The van der Waals surface area contributed by atoms with Crippen LogP contribution in [0.5, 0.6) is 5.88 Å². The highest BCUT2D eigenvalue weighted by molar-refractivity contribution is 7.18. The normalized spacial score (nSPS) is 17.2. The first-order valence-corrected chi connectivity index (χ1v) is 8.65. The lowest BCUT2D eigenvalue weighted by molar-refractivity contribution is 0.291. The van der Waals surface area contributed by atoms with Gasteiger partial charge in [-0.25, -0.2) is 14.4 Å². The number of ether oxygens (including phenoxy) is 1. The predicted octanol–water partition coefficient (Wildman–Crippen LogP) is 4.53. The highest BCUT2D eigenvalue weighted by Gasteiger charge is 2.23. The van der Waals surface area contributed by atoms with Crippen molar-refractivity contribution in [2.24, 2.45) is 5.92 Å². The van der Waals surface area contributed by atoms with Crippen LogP contribution in [0.4, 0.5) is 4.39 Å². The lowest BCUT2D eigenvalue weighted by atomic mass is 9.89. The molecule has 5 heteroatoms. The van der Waals surface area contributed by atoms with Crippen LogP contribution in [-0.2, 0) is 19.4 Å². The molecule has 0 N–H and O–H groups in total. The van der Waals surface area contributed by atoms with Crippen molar-refractivity contribution in [2.45, 2.75) is 32.8 Å². The summed E-state index contributed by atoms with van der Waals surface area (Å²) in [6.45, 7) is 2.47. The van der Waals surface area contributed by atoms with Crippen LogP contribution >= 0.6 is 11.3 Å². The lowest BCUT2D eigenvalue weighted by Crippen LogP contribution is -2.09. The van der Waals surface area contributed by atoms with Crippen molar-refractivity contribution < 1.29 is 9.13 Å². The van der Waals surface area contributed by atoms with Gasteiger partial charge in [0, 0.05) is 10.4 Å². The van der Waals surface area contributed by atoms with Crippen LogP contribution < -0.4 is 4.74 Å². The molecule has 0 saturated heterocycles. The number of aromatic nitrogens is 2. The van der Waals surface area contributed by atoms with Gasteiger partial charge in [0.1, 0.15) is 23.6 Å². The molecule has 0 unspecified atom stereocenters.